The smallest absolute Gasteiger partial charge is 0.128 e. The monoisotopic (exact) mass is 289 g/mol. The second-order valence-electron chi connectivity index (χ2n) is 4.68. The second-order valence-corrected chi connectivity index (χ2v) is 6.85. The van der Waals surface area contributed by atoms with E-state index in [0.717, 1.165) is 28.5 Å². The molecule has 3 nitrogen and oxygen atoms in total. The van der Waals surface area contributed by atoms with Crippen LogP contribution in [0.5, 0.6) is 0 Å². The summed E-state index contributed by atoms with van der Waals surface area (Å²) in [6, 6.07) is 2.19. The van der Waals surface area contributed by atoms with Crippen LogP contribution < -0.4 is 0 Å². The van der Waals surface area contributed by atoms with E-state index in [2.05, 4.69) is 16.0 Å². The fraction of sp³-hybridized carbons (Fsp3) is 0.500. The summed E-state index contributed by atoms with van der Waals surface area (Å²) in [6.07, 6.45) is 8.08. The third-order valence-electron chi connectivity index (χ3n) is 3.39. The maximum absolute atomic E-state index is 8.53. The number of aryl methyl sites for hydroxylation is 2. The molecule has 2 aromatic rings. The van der Waals surface area contributed by atoms with Gasteiger partial charge in [0.25, 0.3) is 0 Å². The second kappa shape index (κ2) is 5.89. The van der Waals surface area contributed by atoms with E-state index < -0.39 is 0 Å². The van der Waals surface area contributed by atoms with Gasteiger partial charge in [0.1, 0.15) is 16.2 Å². The molecule has 3 rings (SSSR count). The number of unbranched alkanes of at least 4 members (excludes halogenated alkanes) is 2. The summed E-state index contributed by atoms with van der Waals surface area (Å²) in [5.74, 6) is 1.04. The van der Waals surface area contributed by atoms with Gasteiger partial charge in [0.05, 0.1) is 6.07 Å². The molecular weight excluding hydrogens is 274 g/mol. The maximum Gasteiger partial charge on any atom is 0.128 e. The van der Waals surface area contributed by atoms with Crippen LogP contribution in [0.15, 0.2) is 11.4 Å². The van der Waals surface area contributed by atoms with Crippen LogP contribution >= 0.6 is 23.1 Å². The summed E-state index contributed by atoms with van der Waals surface area (Å²) in [4.78, 5) is 11.5. The van der Waals surface area contributed by atoms with Crippen LogP contribution in [-0.2, 0) is 12.8 Å². The lowest BCUT2D eigenvalue weighted by molar-refractivity contribution is 0.829. The number of nitriles is 1. The third-order valence-corrected chi connectivity index (χ3v) is 5.66. The van der Waals surface area contributed by atoms with Crippen molar-refractivity contribution in [3.63, 3.8) is 0 Å². The lowest BCUT2D eigenvalue weighted by atomic mass is 10.2. The number of thiophene rings is 1. The topological polar surface area (TPSA) is 49.6 Å². The van der Waals surface area contributed by atoms with Gasteiger partial charge in [-0.2, -0.15) is 5.26 Å². The summed E-state index contributed by atoms with van der Waals surface area (Å²) in [5, 5.41) is 11.0. The number of fused-ring (bicyclic) bond motifs is 3. The van der Waals surface area contributed by atoms with Crippen molar-refractivity contribution in [1.82, 2.24) is 9.97 Å². The van der Waals surface area contributed by atoms with Gasteiger partial charge >= 0.3 is 0 Å². The molecule has 0 aromatic carbocycles. The van der Waals surface area contributed by atoms with Crippen molar-refractivity contribution >= 4 is 33.3 Å². The molecule has 0 spiro atoms. The number of hydrogen-bond acceptors (Lipinski definition) is 5. The summed E-state index contributed by atoms with van der Waals surface area (Å²) >= 11 is 3.66. The Hall–Kier alpha value is -1.12. The van der Waals surface area contributed by atoms with Crippen molar-refractivity contribution in [2.24, 2.45) is 0 Å². The molecule has 0 saturated heterocycles. The van der Waals surface area contributed by atoms with Crippen LogP contribution in [-0.4, -0.2) is 15.7 Å². The van der Waals surface area contributed by atoms with Gasteiger partial charge in [0, 0.05) is 16.7 Å². The van der Waals surface area contributed by atoms with Crippen LogP contribution in [0.4, 0.5) is 0 Å². The maximum atomic E-state index is 8.53. The highest BCUT2D eigenvalue weighted by atomic mass is 32.2. The molecule has 0 saturated carbocycles. The van der Waals surface area contributed by atoms with Crippen LogP contribution in [0.3, 0.4) is 0 Å². The molecular formula is C14H15N3S2. The molecule has 19 heavy (non-hydrogen) atoms. The minimum Gasteiger partial charge on any atom is -0.229 e. The summed E-state index contributed by atoms with van der Waals surface area (Å²) in [7, 11) is 0. The molecule has 0 N–H and O–H groups in total. The zero-order chi connectivity index (χ0) is 13.1. The van der Waals surface area contributed by atoms with Gasteiger partial charge in [-0.05, 0) is 43.4 Å². The Kier molecular flexibility index (Phi) is 4.00. The Labute approximate surface area is 121 Å². The molecule has 1 aliphatic carbocycles. The van der Waals surface area contributed by atoms with E-state index in [1.54, 1.807) is 6.33 Å². The molecule has 1 aliphatic rings. The first-order chi connectivity index (χ1) is 9.40. The summed E-state index contributed by atoms with van der Waals surface area (Å²) < 4.78 is 0. The van der Waals surface area contributed by atoms with Gasteiger partial charge in [-0.15, -0.1) is 23.1 Å². The standard InChI is InChI=1S/C14H15N3S2/c15-7-2-1-3-8-18-13-12-10-5-4-6-11(10)19-14(12)17-9-16-13/h9H,1-6,8H2. The number of nitrogens with zero attached hydrogens (tertiary/aromatic N) is 3. The van der Waals surface area contributed by atoms with Gasteiger partial charge in [-0.25, -0.2) is 9.97 Å². The van der Waals surface area contributed by atoms with Crippen molar-refractivity contribution in [3.8, 4) is 6.07 Å². The minimum atomic E-state index is 0.660. The van der Waals surface area contributed by atoms with Gasteiger partial charge < -0.3 is 0 Å². The highest BCUT2D eigenvalue weighted by molar-refractivity contribution is 7.99. The average molecular weight is 289 g/mol. The van der Waals surface area contributed by atoms with Gasteiger partial charge in [-0.1, -0.05) is 0 Å². The summed E-state index contributed by atoms with van der Waals surface area (Å²) in [6.45, 7) is 0. The quantitative estimate of drug-likeness (QED) is 0.475. The number of thioether (sulfide) groups is 1. The molecule has 0 bridgehead atoms. The van der Waals surface area contributed by atoms with Crippen molar-refractivity contribution in [2.45, 2.75) is 43.6 Å². The van der Waals surface area contributed by atoms with Crippen LogP contribution in [0.1, 0.15) is 36.1 Å². The van der Waals surface area contributed by atoms with Crippen LogP contribution in [0, 0.1) is 11.3 Å². The van der Waals surface area contributed by atoms with Crippen molar-refractivity contribution in [1.29, 1.82) is 5.26 Å². The fourth-order valence-corrected chi connectivity index (χ4v) is 4.81. The number of hydrogen-bond donors (Lipinski definition) is 0. The molecule has 2 heterocycles. The van der Waals surface area contributed by atoms with E-state index >= 15 is 0 Å². The Bertz CT molecular complexity index is 627. The highest BCUT2D eigenvalue weighted by Crippen LogP contribution is 2.40. The van der Waals surface area contributed by atoms with E-state index in [-0.39, 0.29) is 0 Å². The van der Waals surface area contributed by atoms with Crippen LogP contribution in [0.2, 0.25) is 0 Å². The zero-order valence-corrected chi connectivity index (χ0v) is 12.3. The van der Waals surface area contributed by atoms with E-state index in [9.17, 15) is 0 Å². The number of aromatic nitrogens is 2. The Morgan fingerprint density at radius 3 is 3.16 bits per heavy atom. The fourth-order valence-electron chi connectivity index (χ4n) is 2.48. The van der Waals surface area contributed by atoms with E-state index in [1.165, 1.54) is 35.1 Å². The highest BCUT2D eigenvalue weighted by Gasteiger charge is 2.20. The van der Waals surface area contributed by atoms with E-state index in [0.29, 0.717) is 6.42 Å². The van der Waals surface area contributed by atoms with Gasteiger partial charge in [0.15, 0.2) is 0 Å². The van der Waals surface area contributed by atoms with Crippen molar-refractivity contribution in [2.75, 3.05) is 5.75 Å². The van der Waals surface area contributed by atoms with E-state index in [4.69, 9.17) is 5.26 Å². The molecule has 0 unspecified atom stereocenters. The van der Waals surface area contributed by atoms with Crippen molar-refractivity contribution in [3.05, 3.63) is 16.8 Å². The first kappa shape index (κ1) is 12.9. The average Bonchev–Trinajstić information content (AvgIpc) is 2.98. The van der Waals surface area contributed by atoms with Gasteiger partial charge in [-0.3, -0.25) is 0 Å². The minimum absolute atomic E-state index is 0.660. The zero-order valence-electron chi connectivity index (χ0n) is 10.7. The molecule has 0 atom stereocenters. The molecule has 0 radical (unpaired) electrons. The largest absolute Gasteiger partial charge is 0.229 e. The van der Waals surface area contributed by atoms with Crippen molar-refractivity contribution < 1.29 is 0 Å². The van der Waals surface area contributed by atoms with E-state index in [1.807, 2.05) is 23.1 Å². The predicted molar refractivity (Wildman–Crippen MR) is 79.6 cm³/mol. The Morgan fingerprint density at radius 1 is 1.32 bits per heavy atom. The molecule has 2 aromatic heterocycles. The van der Waals surface area contributed by atoms with Gasteiger partial charge in [0.2, 0.25) is 0 Å². The Balaban J connectivity index is 1.78. The Morgan fingerprint density at radius 2 is 2.26 bits per heavy atom. The lowest BCUT2D eigenvalue weighted by Gasteiger charge is -2.03. The summed E-state index contributed by atoms with van der Waals surface area (Å²) in [5.41, 5.74) is 1.50. The number of rotatable bonds is 5. The third kappa shape index (κ3) is 2.60. The molecule has 0 fully saturated rings. The first-order valence-electron chi connectivity index (χ1n) is 6.65. The predicted octanol–water partition coefficient (Wildman–Crippen LogP) is 3.97. The molecule has 0 aliphatic heterocycles. The van der Waals surface area contributed by atoms with Crippen LogP contribution in [0.25, 0.3) is 10.2 Å². The SMILES string of the molecule is N#CCCCCSc1ncnc2sc3c(c12)CCC3. The first-order valence-corrected chi connectivity index (χ1v) is 8.45. The molecule has 0 amide bonds. The molecule has 5 heteroatoms. The molecule has 98 valence electrons. The normalized spacial score (nSPS) is 13.6. The lowest BCUT2D eigenvalue weighted by Crippen LogP contribution is -1.88.